The predicted octanol–water partition coefficient (Wildman–Crippen LogP) is 6.05. The van der Waals surface area contributed by atoms with E-state index in [-0.39, 0.29) is 23.3 Å². The van der Waals surface area contributed by atoms with Crippen LogP contribution >= 0.6 is 35.6 Å². The average molecular weight is 475 g/mol. The second kappa shape index (κ2) is 10.7. The Balaban J connectivity index is 1.53. The number of carbonyl (C=O) groups excluding carboxylic acids is 2. The lowest BCUT2D eigenvalue weighted by Gasteiger charge is -2.14. The van der Waals surface area contributed by atoms with Crippen molar-refractivity contribution in [1.82, 2.24) is 4.90 Å². The van der Waals surface area contributed by atoms with Gasteiger partial charge in [-0.05, 0) is 48.8 Å². The smallest absolute Gasteiger partial charge is 0.266 e. The van der Waals surface area contributed by atoms with E-state index < -0.39 is 5.82 Å². The Morgan fingerprint density at radius 2 is 2.00 bits per heavy atom. The molecule has 2 amide bonds. The Morgan fingerprint density at radius 3 is 2.71 bits per heavy atom. The highest BCUT2D eigenvalue weighted by Gasteiger charge is 2.31. The van der Waals surface area contributed by atoms with E-state index >= 15 is 0 Å². The first-order chi connectivity index (χ1) is 14.8. The number of amides is 2. The molecule has 0 saturated carbocycles. The van der Waals surface area contributed by atoms with Gasteiger partial charge >= 0.3 is 0 Å². The van der Waals surface area contributed by atoms with E-state index in [1.807, 2.05) is 49.4 Å². The number of allylic oxidation sites excluding steroid dienone is 2. The fourth-order valence-corrected chi connectivity index (χ4v) is 4.49. The van der Waals surface area contributed by atoms with Crippen molar-refractivity contribution < 1.29 is 14.0 Å². The zero-order valence-electron chi connectivity index (χ0n) is 16.7. The molecule has 1 aliphatic heterocycles. The fraction of sp³-hybridized carbons (Fsp3) is 0.174. The number of thioether (sulfide) groups is 1. The van der Waals surface area contributed by atoms with Crippen LogP contribution in [0.1, 0.15) is 25.3 Å². The summed E-state index contributed by atoms with van der Waals surface area (Å²) in [4.78, 5) is 26.9. The van der Waals surface area contributed by atoms with Crippen LogP contribution in [0.5, 0.6) is 0 Å². The highest BCUT2D eigenvalue weighted by molar-refractivity contribution is 8.26. The fourth-order valence-electron chi connectivity index (χ4n) is 2.95. The van der Waals surface area contributed by atoms with E-state index in [4.69, 9.17) is 23.8 Å². The molecule has 0 aromatic heterocycles. The lowest BCUT2D eigenvalue weighted by atomic mass is 10.1. The third-order valence-electron chi connectivity index (χ3n) is 4.42. The van der Waals surface area contributed by atoms with Gasteiger partial charge < -0.3 is 5.32 Å². The zero-order valence-corrected chi connectivity index (χ0v) is 19.1. The Labute approximate surface area is 195 Å². The molecule has 1 N–H and O–H groups in total. The van der Waals surface area contributed by atoms with Crippen LogP contribution in [0, 0.1) is 5.82 Å². The Bertz CT molecular complexity index is 1070. The Hall–Kier alpha value is -2.48. The monoisotopic (exact) mass is 474 g/mol. The Kier molecular flexibility index (Phi) is 8.01. The summed E-state index contributed by atoms with van der Waals surface area (Å²) in [6, 6.07) is 13.8. The lowest BCUT2D eigenvalue weighted by Crippen LogP contribution is -2.29. The minimum absolute atomic E-state index is 0.0567. The normalized spacial score (nSPS) is 15.6. The number of thiocarbonyl (C=S) groups is 1. The molecule has 1 saturated heterocycles. The first-order valence-corrected chi connectivity index (χ1v) is 11.2. The maximum Gasteiger partial charge on any atom is 0.266 e. The maximum atomic E-state index is 13.2. The van der Waals surface area contributed by atoms with Gasteiger partial charge in [0, 0.05) is 18.7 Å². The molecule has 2 aromatic carbocycles. The van der Waals surface area contributed by atoms with Gasteiger partial charge in [0.1, 0.15) is 10.1 Å². The number of benzene rings is 2. The molecule has 0 radical (unpaired) electrons. The van der Waals surface area contributed by atoms with Gasteiger partial charge in [0.15, 0.2) is 0 Å². The quantitative estimate of drug-likeness (QED) is 0.392. The molecule has 8 heteroatoms. The second-order valence-electron chi connectivity index (χ2n) is 6.91. The number of nitrogens with one attached hydrogen (secondary N) is 1. The number of hydrogen-bond acceptors (Lipinski definition) is 4. The van der Waals surface area contributed by atoms with Crippen LogP contribution < -0.4 is 5.32 Å². The first kappa shape index (κ1) is 23.2. The molecule has 2 aromatic rings. The summed E-state index contributed by atoms with van der Waals surface area (Å²) in [6.45, 7) is 2.28. The van der Waals surface area contributed by atoms with Gasteiger partial charge in [0.05, 0.1) is 9.93 Å². The van der Waals surface area contributed by atoms with E-state index in [9.17, 15) is 14.0 Å². The molecule has 4 nitrogen and oxygen atoms in total. The van der Waals surface area contributed by atoms with Crippen LogP contribution in [0.2, 0.25) is 5.02 Å². The molecule has 31 heavy (non-hydrogen) atoms. The van der Waals surface area contributed by atoms with E-state index in [1.54, 1.807) is 0 Å². The molecule has 0 spiro atoms. The van der Waals surface area contributed by atoms with Crippen LogP contribution in [-0.4, -0.2) is 27.6 Å². The number of rotatable bonds is 7. The van der Waals surface area contributed by atoms with Crippen LogP contribution in [0.15, 0.2) is 65.1 Å². The summed E-state index contributed by atoms with van der Waals surface area (Å²) in [5, 5.41) is 2.61. The zero-order chi connectivity index (χ0) is 22.4. The summed E-state index contributed by atoms with van der Waals surface area (Å²) in [5.41, 5.74) is 2.43. The van der Waals surface area contributed by atoms with Gasteiger partial charge in [-0.3, -0.25) is 14.5 Å². The summed E-state index contributed by atoms with van der Waals surface area (Å²) >= 11 is 12.3. The number of halogens is 2. The highest BCUT2D eigenvalue weighted by Crippen LogP contribution is 2.32. The summed E-state index contributed by atoms with van der Waals surface area (Å²) in [7, 11) is 0. The SMILES string of the molecule is CC(=Cc1ccccc1)C=C1SC(=S)N(CCCC(=O)Nc2ccc(F)c(Cl)c2)C1=O. The molecule has 0 bridgehead atoms. The molecule has 1 heterocycles. The minimum Gasteiger partial charge on any atom is -0.326 e. The molecule has 0 atom stereocenters. The molecular formula is C23H20ClFN2O2S2. The Morgan fingerprint density at radius 1 is 1.26 bits per heavy atom. The van der Waals surface area contributed by atoms with Gasteiger partial charge in [-0.15, -0.1) is 0 Å². The largest absolute Gasteiger partial charge is 0.326 e. The molecule has 0 aliphatic carbocycles. The summed E-state index contributed by atoms with van der Waals surface area (Å²) < 4.78 is 13.7. The molecule has 160 valence electrons. The third-order valence-corrected chi connectivity index (χ3v) is 6.08. The standard InChI is InChI=1S/C23H20ClFN2O2S2/c1-15(12-16-6-3-2-4-7-16)13-20-22(29)27(23(30)31-20)11-5-8-21(28)26-17-9-10-19(25)18(24)14-17/h2-4,6-7,9-10,12-14H,5,8,11H2,1H3,(H,26,28). The molecular weight excluding hydrogens is 455 g/mol. The minimum atomic E-state index is -0.545. The summed E-state index contributed by atoms with van der Waals surface area (Å²) in [6.07, 6.45) is 4.47. The van der Waals surface area contributed by atoms with E-state index in [0.29, 0.717) is 27.9 Å². The van der Waals surface area contributed by atoms with E-state index in [0.717, 1.165) is 11.1 Å². The van der Waals surface area contributed by atoms with Gasteiger partial charge in [-0.25, -0.2) is 4.39 Å². The van der Waals surface area contributed by atoms with Crippen molar-refractivity contribution in [2.45, 2.75) is 19.8 Å². The molecule has 1 fully saturated rings. The van der Waals surface area contributed by atoms with Crippen molar-refractivity contribution in [1.29, 1.82) is 0 Å². The number of hydrogen-bond donors (Lipinski definition) is 1. The van der Waals surface area contributed by atoms with Crippen LogP contribution in [0.3, 0.4) is 0 Å². The van der Waals surface area contributed by atoms with Gasteiger partial charge in [-0.2, -0.15) is 0 Å². The van der Waals surface area contributed by atoms with Crippen molar-refractivity contribution in [2.24, 2.45) is 0 Å². The predicted molar refractivity (Wildman–Crippen MR) is 129 cm³/mol. The number of carbonyl (C=O) groups is 2. The topological polar surface area (TPSA) is 49.4 Å². The second-order valence-corrected chi connectivity index (χ2v) is 9.00. The maximum absolute atomic E-state index is 13.2. The van der Waals surface area contributed by atoms with Crippen LogP contribution in [0.4, 0.5) is 10.1 Å². The van der Waals surface area contributed by atoms with Crippen LogP contribution in [-0.2, 0) is 9.59 Å². The van der Waals surface area contributed by atoms with E-state index in [2.05, 4.69) is 5.32 Å². The lowest BCUT2D eigenvalue weighted by molar-refractivity contribution is -0.122. The molecule has 0 unspecified atom stereocenters. The van der Waals surface area contributed by atoms with Gasteiger partial charge in [0.25, 0.3) is 5.91 Å². The van der Waals surface area contributed by atoms with Crippen molar-refractivity contribution in [3.8, 4) is 0 Å². The number of nitrogens with zero attached hydrogens (tertiary/aromatic N) is 1. The first-order valence-electron chi connectivity index (χ1n) is 9.57. The van der Waals surface area contributed by atoms with Crippen molar-refractivity contribution in [3.05, 3.63) is 81.5 Å². The number of anilines is 1. The summed E-state index contributed by atoms with van der Waals surface area (Å²) in [5.74, 6) is -0.942. The van der Waals surface area contributed by atoms with Gasteiger partial charge in [-0.1, -0.05) is 72.0 Å². The average Bonchev–Trinajstić information content (AvgIpc) is 2.98. The highest BCUT2D eigenvalue weighted by atomic mass is 35.5. The molecule has 3 rings (SSSR count). The van der Waals surface area contributed by atoms with Crippen molar-refractivity contribution in [3.63, 3.8) is 0 Å². The van der Waals surface area contributed by atoms with Crippen molar-refractivity contribution >= 4 is 63.5 Å². The third kappa shape index (κ3) is 6.50. The van der Waals surface area contributed by atoms with Crippen molar-refractivity contribution in [2.75, 3.05) is 11.9 Å². The molecule has 1 aliphatic rings. The van der Waals surface area contributed by atoms with Crippen LogP contribution in [0.25, 0.3) is 6.08 Å². The van der Waals surface area contributed by atoms with E-state index in [1.165, 1.54) is 34.9 Å². The van der Waals surface area contributed by atoms with Gasteiger partial charge in [0.2, 0.25) is 5.91 Å².